The molecule has 0 saturated heterocycles. The standard InChI is InChI=1S/C15H15F3N2/c1-2-15(19,14-4-3-11(16)9-20-14)8-10-5-12(17)7-13(18)6-10/h3-7,9H,2,8,19H2,1H3. The van der Waals surface area contributed by atoms with Crippen LogP contribution in [0.15, 0.2) is 36.5 Å². The number of benzene rings is 1. The summed E-state index contributed by atoms with van der Waals surface area (Å²) in [6, 6.07) is 6.05. The first kappa shape index (κ1) is 14.5. The minimum atomic E-state index is -0.895. The van der Waals surface area contributed by atoms with Gasteiger partial charge < -0.3 is 5.73 Å². The zero-order valence-electron chi connectivity index (χ0n) is 11.0. The van der Waals surface area contributed by atoms with E-state index in [4.69, 9.17) is 5.73 Å². The van der Waals surface area contributed by atoms with Crippen LogP contribution < -0.4 is 5.73 Å². The number of hydrogen-bond donors (Lipinski definition) is 1. The first-order valence-corrected chi connectivity index (χ1v) is 6.29. The molecule has 0 aliphatic rings. The van der Waals surface area contributed by atoms with Crippen LogP contribution in [0.4, 0.5) is 13.2 Å². The molecule has 5 heteroatoms. The number of aromatic nitrogens is 1. The number of nitrogens with zero attached hydrogens (tertiary/aromatic N) is 1. The lowest BCUT2D eigenvalue weighted by atomic mass is 9.85. The van der Waals surface area contributed by atoms with E-state index < -0.39 is 23.0 Å². The largest absolute Gasteiger partial charge is 0.320 e. The van der Waals surface area contributed by atoms with Crippen LogP contribution in [0.1, 0.15) is 24.6 Å². The monoisotopic (exact) mass is 280 g/mol. The van der Waals surface area contributed by atoms with Crippen molar-refractivity contribution in [3.63, 3.8) is 0 Å². The SMILES string of the molecule is CCC(N)(Cc1cc(F)cc(F)c1)c1ccc(F)cn1. The summed E-state index contributed by atoms with van der Waals surface area (Å²) in [5, 5.41) is 0. The van der Waals surface area contributed by atoms with Gasteiger partial charge in [0.2, 0.25) is 0 Å². The van der Waals surface area contributed by atoms with Gasteiger partial charge >= 0.3 is 0 Å². The Morgan fingerprint density at radius 2 is 1.70 bits per heavy atom. The average Bonchev–Trinajstić information content (AvgIpc) is 2.38. The second-order valence-electron chi connectivity index (χ2n) is 4.83. The molecule has 1 unspecified atom stereocenters. The van der Waals surface area contributed by atoms with Gasteiger partial charge in [0.15, 0.2) is 0 Å². The second-order valence-corrected chi connectivity index (χ2v) is 4.83. The van der Waals surface area contributed by atoms with Crippen LogP contribution in [0.5, 0.6) is 0 Å². The maximum atomic E-state index is 13.2. The Morgan fingerprint density at radius 3 is 2.20 bits per heavy atom. The summed E-state index contributed by atoms with van der Waals surface area (Å²) in [7, 11) is 0. The average molecular weight is 280 g/mol. The molecule has 106 valence electrons. The van der Waals surface area contributed by atoms with Crippen LogP contribution in [0.2, 0.25) is 0 Å². The molecule has 1 aromatic carbocycles. The van der Waals surface area contributed by atoms with Crippen molar-refractivity contribution in [1.29, 1.82) is 0 Å². The van der Waals surface area contributed by atoms with Gasteiger partial charge in [-0.25, -0.2) is 13.2 Å². The summed E-state index contributed by atoms with van der Waals surface area (Å²) in [6.07, 6.45) is 1.80. The van der Waals surface area contributed by atoms with E-state index in [1.165, 1.54) is 24.3 Å². The fourth-order valence-electron chi connectivity index (χ4n) is 2.14. The van der Waals surface area contributed by atoms with E-state index in [0.29, 0.717) is 17.7 Å². The van der Waals surface area contributed by atoms with Gasteiger partial charge in [-0.1, -0.05) is 6.92 Å². The Hall–Kier alpha value is -1.88. The molecule has 2 N–H and O–H groups in total. The molecule has 0 saturated carbocycles. The molecule has 1 atom stereocenters. The highest BCUT2D eigenvalue weighted by molar-refractivity contribution is 5.25. The fraction of sp³-hybridized carbons (Fsp3) is 0.267. The molecular formula is C15H15F3N2. The number of rotatable bonds is 4. The Bertz CT molecular complexity index is 578. The molecule has 0 fully saturated rings. The quantitative estimate of drug-likeness (QED) is 0.933. The Kier molecular flexibility index (Phi) is 4.09. The minimum absolute atomic E-state index is 0.219. The van der Waals surface area contributed by atoms with Crippen molar-refractivity contribution in [2.45, 2.75) is 25.3 Å². The van der Waals surface area contributed by atoms with Crippen molar-refractivity contribution in [1.82, 2.24) is 4.98 Å². The lowest BCUT2D eigenvalue weighted by molar-refractivity contribution is 0.409. The molecule has 0 aliphatic carbocycles. The molecule has 0 spiro atoms. The normalized spacial score (nSPS) is 14.1. The van der Waals surface area contributed by atoms with E-state index in [9.17, 15) is 13.2 Å². The molecule has 0 aliphatic heterocycles. The van der Waals surface area contributed by atoms with Gasteiger partial charge in [-0.3, -0.25) is 4.98 Å². The zero-order chi connectivity index (χ0) is 14.8. The van der Waals surface area contributed by atoms with Gasteiger partial charge in [-0.05, 0) is 42.7 Å². The molecule has 20 heavy (non-hydrogen) atoms. The molecule has 0 bridgehead atoms. The van der Waals surface area contributed by atoms with Crippen molar-refractivity contribution in [2.24, 2.45) is 5.73 Å². The predicted octanol–water partition coefficient (Wildman–Crippen LogP) is 3.31. The van der Waals surface area contributed by atoms with E-state index in [1.807, 2.05) is 6.92 Å². The van der Waals surface area contributed by atoms with E-state index in [0.717, 1.165) is 12.3 Å². The highest BCUT2D eigenvalue weighted by atomic mass is 19.1. The van der Waals surface area contributed by atoms with Gasteiger partial charge in [0.25, 0.3) is 0 Å². The molecule has 0 radical (unpaired) electrons. The molecular weight excluding hydrogens is 265 g/mol. The molecule has 2 aromatic rings. The minimum Gasteiger partial charge on any atom is -0.320 e. The Morgan fingerprint density at radius 1 is 1.05 bits per heavy atom. The van der Waals surface area contributed by atoms with Crippen molar-refractivity contribution in [3.8, 4) is 0 Å². The third-order valence-corrected chi connectivity index (χ3v) is 3.31. The van der Waals surface area contributed by atoms with E-state index >= 15 is 0 Å². The van der Waals surface area contributed by atoms with Crippen LogP contribution in [-0.4, -0.2) is 4.98 Å². The maximum absolute atomic E-state index is 13.2. The van der Waals surface area contributed by atoms with E-state index in [-0.39, 0.29) is 6.42 Å². The van der Waals surface area contributed by atoms with Crippen LogP contribution >= 0.6 is 0 Å². The highest BCUT2D eigenvalue weighted by Crippen LogP contribution is 2.26. The summed E-state index contributed by atoms with van der Waals surface area (Å²) in [5.74, 6) is -1.75. The van der Waals surface area contributed by atoms with Crippen molar-refractivity contribution in [2.75, 3.05) is 0 Å². The smallest absolute Gasteiger partial charge is 0.141 e. The van der Waals surface area contributed by atoms with E-state index in [1.54, 1.807) is 0 Å². The topological polar surface area (TPSA) is 38.9 Å². The number of pyridine rings is 1. The second kappa shape index (κ2) is 5.63. The molecule has 1 aromatic heterocycles. The first-order valence-electron chi connectivity index (χ1n) is 6.29. The zero-order valence-corrected chi connectivity index (χ0v) is 11.0. The highest BCUT2D eigenvalue weighted by Gasteiger charge is 2.27. The predicted molar refractivity (Wildman–Crippen MR) is 70.4 cm³/mol. The van der Waals surface area contributed by atoms with Gasteiger partial charge in [0.1, 0.15) is 17.5 Å². The van der Waals surface area contributed by atoms with Crippen molar-refractivity contribution >= 4 is 0 Å². The molecule has 0 amide bonds. The summed E-state index contributed by atoms with van der Waals surface area (Å²) in [4.78, 5) is 3.97. The Balaban J connectivity index is 2.33. The fourth-order valence-corrected chi connectivity index (χ4v) is 2.14. The third-order valence-electron chi connectivity index (χ3n) is 3.31. The summed E-state index contributed by atoms with van der Waals surface area (Å²) >= 11 is 0. The van der Waals surface area contributed by atoms with E-state index in [2.05, 4.69) is 4.98 Å². The van der Waals surface area contributed by atoms with Crippen LogP contribution in [-0.2, 0) is 12.0 Å². The number of nitrogens with two attached hydrogens (primary N) is 1. The van der Waals surface area contributed by atoms with Gasteiger partial charge in [0.05, 0.1) is 17.4 Å². The Labute approximate surface area is 115 Å². The molecule has 1 heterocycles. The summed E-state index contributed by atoms with van der Waals surface area (Å²) < 4.78 is 39.3. The van der Waals surface area contributed by atoms with Gasteiger partial charge in [-0.2, -0.15) is 0 Å². The van der Waals surface area contributed by atoms with Crippen LogP contribution in [0, 0.1) is 17.5 Å². The number of halogens is 3. The van der Waals surface area contributed by atoms with Crippen molar-refractivity contribution in [3.05, 3.63) is 65.2 Å². The summed E-state index contributed by atoms with van der Waals surface area (Å²) in [5.41, 5.74) is 6.31. The molecule has 2 rings (SSSR count). The lowest BCUT2D eigenvalue weighted by Gasteiger charge is -2.27. The third kappa shape index (κ3) is 3.17. The first-order chi connectivity index (χ1) is 9.43. The number of hydrogen-bond acceptors (Lipinski definition) is 2. The van der Waals surface area contributed by atoms with Gasteiger partial charge in [0, 0.05) is 6.07 Å². The van der Waals surface area contributed by atoms with Crippen LogP contribution in [0.3, 0.4) is 0 Å². The summed E-state index contributed by atoms with van der Waals surface area (Å²) in [6.45, 7) is 1.85. The van der Waals surface area contributed by atoms with Gasteiger partial charge in [-0.15, -0.1) is 0 Å². The van der Waals surface area contributed by atoms with Crippen molar-refractivity contribution < 1.29 is 13.2 Å². The van der Waals surface area contributed by atoms with Crippen LogP contribution in [0.25, 0.3) is 0 Å². The molecule has 2 nitrogen and oxygen atoms in total. The lowest BCUT2D eigenvalue weighted by Crippen LogP contribution is -2.39. The maximum Gasteiger partial charge on any atom is 0.141 e.